The number of hydrogen-bond donors (Lipinski definition) is 3. The second-order valence-electron chi connectivity index (χ2n) is 15.1. The Morgan fingerprint density at radius 2 is 1.90 bits per heavy atom. The summed E-state index contributed by atoms with van der Waals surface area (Å²) in [4.78, 5) is 26.4. The van der Waals surface area contributed by atoms with Crippen LogP contribution in [0, 0.1) is 34.4 Å². The molecule has 0 unspecified atom stereocenters. The number of benzene rings is 3. The monoisotopic (exact) mass is 679 g/mol. The predicted octanol–water partition coefficient (Wildman–Crippen LogP) is 6.26. The van der Waals surface area contributed by atoms with Gasteiger partial charge in [-0.05, 0) is 84.6 Å². The molecule has 3 saturated carbocycles. The van der Waals surface area contributed by atoms with Crippen LogP contribution in [0.15, 0.2) is 90.5 Å². The number of hydrogen-bond acceptors (Lipinski definition) is 8. The third-order valence-corrected chi connectivity index (χ3v) is 12.6. The first-order valence-corrected chi connectivity index (χ1v) is 17.4. The molecule has 0 aromatic heterocycles. The maximum absolute atomic E-state index is 16.9. The second-order valence-corrected chi connectivity index (χ2v) is 15.1. The first kappa shape index (κ1) is 33.0. The number of ketones is 2. The molecule has 1 heterocycles. The van der Waals surface area contributed by atoms with Crippen LogP contribution in [0.4, 0.5) is 10.1 Å². The van der Waals surface area contributed by atoms with E-state index in [4.69, 9.17) is 19.9 Å². The van der Waals surface area contributed by atoms with Gasteiger partial charge in [-0.2, -0.15) is 0 Å². The lowest BCUT2D eigenvalue weighted by atomic mass is 9.46. The summed E-state index contributed by atoms with van der Waals surface area (Å²) in [6, 6.07) is 19.8. The summed E-state index contributed by atoms with van der Waals surface area (Å²) >= 11 is 0. The van der Waals surface area contributed by atoms with Crippen molar-refractivity contribution < 1.29 is 38.4 Å². The number of nitrogen functional groups attached to an aromatic ring is 1. The molecule has 4 aliphatic carbocycles. The SMILES string of the molecule is C[C@]12C=CC(=O)C=C1CC[C@@H]1[C@@H]2[C@@H](O)C[C@@]2(C)[C@H]1C[C@H]1O[C@H](c3c(-c4ccccc4)ccc(OCc4cccc(N)c4)c3F)O[C@]12C(=O)CO. The lowest BCUT2D eigenvalue weighted by molar-refractivity contribution is -0.201. The highest BCUT2D eigenvalue weighted by Gasteiger charge is 2.76. The number of carbonyl (C=O) groups excluding carboxylic acids is 2. The van der Waals surface area contributed by atoms with Crippen molar-refractivity contribution >= 4 is 17.3 Å². The molecule has 1 saturated heterocycles. The molecule has 9 heteroatoms. The Balaban J connectivity index is 1.18. The summed E-state index contributed by atoms with van der Waals surface area (Å²) in [7, 11) is 0. The van der Waals surface area contributed by atoms with E-state index >= 15 is 4.39 Å². The van der Waals surface area contributed by atoms with Gasteiger partial charge in [0.15, 0.2) is 35.0 Å². The van der Waals surface area contributed by atoms with Gasteiger partial charge in [0.2, 0.25) is 0 Å². The van der Waals surface area contributed by atoms with Crippen LogP contribution in [0.3, 0.4) is 0 Å². The summed E-state index contributed by atoms with van der Waals surface area (Å²) in [6.07, 6.45) is 4.45. The molecule has 8 rings (SSSR count). The van der Waals surface area contributed by atoms with E-state index in [1.807, 2.05) is 49.4 Å². The van der Waals surface area contributed by atoms with Crippen molar-refractivity contribution in [2.24, 2.45) is 28.6 Å². The number of ether oxygens (including phenoxy) is 3. The first-order valence-electron chi connectivity index (χ1n) is 17.4. The van der Waals surface area contributed by atoms with Crippen LogP contribution in [-0.4, -0.2) is 46.2 Å². The van der Waals surface area contributed by atoms with Gasteiger partial charge in [-0.3, -0.25) is 9.59 Å². The molecule has 3 aromatic carbocycles. The fraction of sp³-hybridized carbons (Fsp3) is 0.415. The molecule has 50 heavy (non-hydrogen) atoms. The molecule has 3 aromatic rings. The van der Waals surface area contributed by atoms with Crippen LogP contribution >= 0.6 is 0 Å². The summed E-state index contributed by atoms with van der Waals surface area (Å²) < 4.78 is 36.3. The van der Waals surface area contributed by atoms with Gasteiger partial charge in [0.25, 0.3) is 0 Å². The number of anilines is 1. The number of aliphatic hydroxyl groups excluding tert-OH is 2. The van der Waals surface area contributed by atoms with Gasteiger partial charge >= 0.3 is 0 Å². The fourth-order valence-corrected chi connectivity index (χ4v) is 10.4. The number of halogens is 1. The highest BCUT2D eigenvalue weighted by atomic mass is 19.1. The molecule has 0 bridgehead atoms. The predicted molar refractivity (Wildman–Crippen MR) is 184 cm³/mol. The van der Waals surface area contributed by atoms with Crippen LogP contribution in [0.2, 0.25) is 0 Å². The van der Waals surface area contributed by atoms with Crippen molar-refractivity contribution in [2.75, 3.05) is 12.3 Å². The zero-order valence-electron chi connectivity index (χ0n) is 28.2. The minimum Gasteiger partial charge on any atom is -0.486 e. The lowest BCUT2D eigenvalue weighted by Crippen LogP contribution is -2.63. The highest BCUT2D eigenvalue weighted by Crippen LogP contribution is 2.70. The van der Waals surface area contributed by atoms with Crippen LogP contribution in [0.25, 0.3) is 11.1 Å². The van der Waals surface area contributed by atoms with Gasteiger partial charge in [0.1, 0.15) is 13.2 Å². The number of Topliss-reactive ketones (excluding diaryl/α,β-unsaturated/α-hetero) is 1. The van der Waals surface area contributed by atoms with Crippen molar-refractivity contribution in [1.29, 1.82) is 0 Å². The van der Waals surface area contributed by atoms with Gasteiger partial charge in [-0.1, -0.05) is 74.0 Å². The first-order chi connectivity index (χ1) is 24.0. The summed E-state index contributed by atoms with van der Waals surface area (Å²) in [5, 5.41) is 22.4. The van der Waals surface area contributed by atoms with Gasteiger partial charge < -0.3 is 30.2 Å². The number of allylic oxidation sites excluding steroid dienone is 4. The van der Waals surface area contributed by atoms with Crippen molar-refractivity contribution in [1.82, 2.24) is 0 Å². The lowest BCUT2D eigenvalue weighted by Gasteiger charge is -2.59. The minimum atomic E-state index is -1.63. The fourth-order valence-electron chi connectivity index (χ4n) is 10.4. The van der Waals surface area contributed by atoms with E-state index in [2.05, 4.69) is 6.92 Å². The van der Waals surface area contributed by atoms with E-state index in [9.17, 15) is 19.8 Å². The number of aliphatic hydroxyl groups is 2. The van der Waals surface area contributed by atoms with Gasteiger partial charge in [-0.15, -0.1) is 0 Å². The van der Waals surface area contributed by atoms with E-state index < -0.39 is 53.1 Å². The Morgan fingerprint density at radius 1 is 1.10 bits per heavy atom. The van der Waals surface area contributed by atoms with Crippen molar-refractivity contribution in [2.45, 2.75) is 70.2 Å². The standard InChI is InChI=1S/C41H42FNO7/c1-39-16-15-27(45)18-25(39)11-12-29-30-19-34-41(33(47)21-44,40(30,2)20-31(46)36(29)39)50-38(49-34)35-28(24-8-4-3-5-9-24)13-14-32(37(35)42)48-22-23-7-6-10-26(43)17-23/h3-10,13-18,29-31,34,36,38,44,46H,11-12,19-22,43H2,1-2H3/t29-,30-,31-,34+,36+,38-,39-,40-,41+/m0/s1. The number of nitrogens with two attached hydrogens (primary N) is 1. The largest absolute Gasteiger partial charge is 0.486 e. The van der Waals surface area contributed by atoms with Gasteiger partial charge in [0, 0.05) is 22.4 Å². The van der Waals surface area contributed by atoms with E-state index in [-0.39, 0.29) is 47.9 Å². The van der Waals surface area contributed by atoms with Crippen LogP contribution < -0.4 is 10.5 Å². The normalized spacial score (nSPS) is 35.5. The van der Waals surface area contributed by atoms with Crippen LogP contribution in [-0.2, 0) is 25.7 Å². The molecule has 0 amide bonds. The van der Waals surface area contributed by atoms with E-state index in [0.29, 0.717) is 24.1 Å². The van der Waals surface area contributed by atoms with Crippen molar-refractivity contribution in [3.8, 4) is 16.9 Å². The average molecular weight is 680 g/mol. The van der Waals surface area contributed by atoms with E-state index in [1.165, 1.54) is 0 Å². The van der Waals surface area contributed by atoms with Gasteiger partial charge in [0.05, 0.1) is 17.8 Å². The van der Waals surface area contributed by atoms with Crippen LogP contribution in [0.1, 0.15) is 56.9 Å². The molecule has 9 atom stereocenters. The molecular weight excluding hydrogens is 637 g/mol. The Kier molecular flexibility index (Phi) is 7.91. The van der Waals surface area contributed by atoms with E-state index in [0.717, 1.165) is 23.1 Å². The summed E-state index contributed by atoms with van der Waals surface area (Å²) in [5.74, 6) is -1.51. The molecule has 5 aliphatic rings. The van der Waals surface area contributed by atoms with E-state index in [1.54, 1.807) is 42.5 Å². The summed E-state index contributed by atoms with van der Waals surface area (Å²) in [5.41, 5.74) is 6.63. The topological polar surface area (TPSA) is 128 Å². The zero-order valence-corrected chi connectivity index (χ0v) is 28.2. The molecule has 8 nitrogen and oxygen atoms in total. The maximum atomic E-state index is 16.9. The van der Waals surface area contributed by atoms with Gasteiger partial charge in [-0.25, -0.2) is 4.39 Å². The molecule has 0 radical (unpaired) electrons. The highest BCUT2D eigenvalue weighted by molar-refractivity contribution is 6.01. The number of rotatable bonds is 7. The van der Waals surface area contributed by atoms with Crippen LogP contribution in [0.5, 0.6) is 5.75 Å². The van der Waals surface area contributed by atoms with Crippen molar-refractivity contribution in [3.63, 3.8) is 0 Å². The molecule has 4 fully saturated rings. The minimum absolute atomic E-state index is 0.00346. The maximum Gasteiger partial charge on any atom is 0.193 e. The number of fused-ring (bicyclic) bond motifs is 7. The number of carbonyl (C=O) groups is 2. The third-order valence-electron chi connectivity index (χ3n) is 12.6. The second kappa shape index (κ2) is 12.0. The Morgan fingerprint density at radius 3 is 2.66 bits per heavy atom. The third kappa shape index (κ3) is 4.78. The molecule has 1 aliphatic heterocycles. The Hall–Kier alpha value is -4.15. The molecule has 0 spiro atoms. The smallest absolute Gasteiger partial charge is 0.193 e. The Labute approximate surface area is 290 Å². The molecular formula is C41H42FNO7. The molecule has 4 N–H and O–H groups in total. The summed E-state index contributed by atoms with van der Waals surface area (Å²) in [6.45, 7) is 3.34. The van der Waals surface area contributed by atoms with Crippen molar-refractivity contribution in [3.05, 3.63) is 107 Å². The quantitative estimate of drug-likeness (QED) is 0.250. The zero-order chi connectivity index (χ0) is 35.0. The molecule has 260 valence electrons. The average Bonchev–Trinajstić information content (AvgIpc) is 3.60. The Bertz CT molecular complexity index is 1930.